The van der Waals surface area contributed by atoms with Crippen LogP contribution in [-0.2, 0) is 37.1 Å². The summed E-state index contributed by atoms with van der Waals surface area (Å²) < 4.78 is 242. The number of hydrogen-bond acceptors (Lipinski definition) is 0. The zero-order chi connectivity index (χ0) is 33.1. The van der Waals surface area contributed by atoms with Crippen molar-refractivity contribution in [1.82, 2.24) is 0 Å². The summed E-state index contributed by atoms with van der Waals surface area (Å²) in [6.07, 6.45) is -34.5. The molecule has 0 N–H and O–H groups in total. The van der Waals surface area contributed by atoms with Gasteiger partial charge in [0.25, 0.3) is 0 Å². The number of hydrogen-bond donors (Lipinski definition) is 0. The molecule has 0 unspecified atom stereocenters. The van der Waals surface area contributed by atoms with Crippen LogP contribution in [0.2, 0.25) is 0 Å². The topological polar surface area (TPSA) is 0 Å². The van der Waals surface area contributed by atoms with Gasteiger partial charge in [0.15, 0.2) is 0 Å². The van der Waals surface area contributed by atoms with Crippen LogP contribution in [0.25, 0.3) is 0 Å². The minimum atomic E-state index is -5.82. The molecule has 3 aromatic rings. The van der Waals surface area contributed by atoms with Crippen LogP contribution < -0.4 is 15.9 Å². The molecule has 0 nitrogen and oxygen atoms in total. The third kappa shape index (κ3) is 7.50. The lowest BCUT2D eigenvalue weighted by molar-refractivity contribution is -0.162. The van der Waals surface area contributed by atoms with Gasteiger partial charge >= 0.3 is 37.1 Å². The third-order valence-electron chi connectivity index (χ3n) is 5.62. The first-order valence-corrected chi connectivity index (χ1v) is 12.1. The zero-order valence-electron chi connectivity index (χ0n) is 19.9. The fraction of sp³-hybridized carbons (Fsp3) is 0.250. The molecule has 0 aliphatic rings. The van der Waals surface area contributed by atoms with Crippen LogP contribution in [0.4, 0.5) is 79.0 Å². The van der Waals surface area contributed by atoms with E-state index in [1.165, 1.54) is 0 Å². The number of alkyl halides is 18. The van der Waals surface area contributed by atoms with Gasteiger partial charge in [0, 0.05) is 0 Å². The van der Waals surface area contributed by atoms with Gasteiger partial charge in [-0.2, -0.15) is 79.0 Å². The average molecular weight is 670 g/mol. The maximum atomic E-state index is 13.6. The van der Waals surface area contributed by atoms with Crippen molar-refractivity contribution in [3.05, 3.63) is 88.0 Å². The Hall–Kier alpha value is -3.17. The quantitative estimate of drug-likeness (QED) is 0.193. The van der Waals surface area contributed by atoms with Gasteiger partial charge in [-0.15, -0.1) is 0 Å². The summed E-state index contributed by atoms with van der Waals surface area (Å²) >= 11 is 0. The predicted molar refractivity (Wildman–Crippen MR) is 115 cm³/mol. The van der Waals surface area contributed by atoms with Gasteiger partial charge in [-0.1, -0.05) is 18.2 Å². The summed E-state index contributed by atoms with van der Waals surface area (Å²) in [5.41, 5.74) is -14.4. The highest BCUT2D eigenvalue weighted by Crippen LogP contribution is 2.47. The van der Waals surface area contributed by atoms with E-state index in [-0.39, 0.29) is 54.6 Å². The standard InChI is InChI=1S/C24H9F18P/c25-19(26,27)13-4-1-10(7-16(13)22(34,35)36)43(11-2-5-14(20(28,29)30)17(8-11)23(37,38)39)12-3-6-15(21(31,32)33)18(9-12)24(40,41)42/h1-9H. The SMILES string of the molecule is FC(F)(F)c1ccc(P(c2ccc(C(F)(F)F)c(C(F)(F)F)c2)c2ccc(C(F)(F)F)c(C(F)(F)F)c2)cc1C(F)(F)F. The molecule has 0 atom stereocenters. The molecular weight excluding hydrogens is 661 g/mol. The fourth-order valence-electron chi connectivity index (χ4n) is 3.91. The molecule has 0 amide bonds. The van der Waals surface area contributed by atoms with E-state index >= 15 is 0 Å². The second-order valence-corrected chi connectivity index (χ2v) is 10.7. The van der Waals surface area contributed by atoms with Crippen molar-refractivity contribution in [3.63, 3.8) is 0 Å². The molecule has 0 aliphatic heterocycles. The first kappa shape index (κ1) is 34.3. The number of benzene rings is 3. The molecule has 236 valence electrons. The van der Waals surface area contributed by atoms with Crippen molar-refractivity contribution >= 4 is 23.8 Å². The summed E-state index contributed by atoms with van der Waals surface area (Å²) in [5.74, 6) is 0. The molecule has 0 saturated heterocycles. The molecule has 0 aromatic heterocycles. The van der Waals surface area contributed by atoms with E-state index in [0.717, 1.165) is 0 Å². The summed E-state index contributed by atoms with van der Waals surface area (Å²) in [6, 6.07) is -0.830. The van der Waals surface area contributed by atoms with E-state index in [9.17, 15) is 79.0 Å². The average Bonchev–Trinajstić information content (AvgIpc) is 2.80. The Morgan fingerprint density at radius 1 is 0.279 bits per heavy atom. The third-order valence-corrected chi connectivity index (χ3v) is 8.00. The number of halogens is 18. The van der Waals surface area contributed by atoms with Gasteiger partial charge in [0.1, 0.15) is 0 Å². The van der Waals surface area contributed by atoms with E-state index < -0.39 is 94.3 Å². The van der Waals surface area contributed by atoms with Crippen molar-refractivity contribution < 1.29 is 79.0 Å². The molecule has 19 heteroatoms. The molecule has 0 bridgehead atoms. The summed E-state index contributed by atoms with van der Waals surface area (Å²) in [6.45, 7) is 0. The highest BCUT2D eigenvalue weighted by Gasteiger charge is 2.47. The minimum absolute atomic E-state index is 0.211. The Bertz CT molecular complexity index is 1300. The Morgan fingerprint density at radius 3 is 0.628 bits per heavy atom. The van der Waals surface area contributed by atoms with Gasteiger partial charge in [0.05, 0.1) is 33.4 Å². The summed E-state index contributed by atoms with van der Waals surface area (Å²) in [5, 5.41) is -3.22. The number of rotatable bonds is 3. The van der Waals surface area contributed by atoms with Crippen LogP contribution in [-0.4, -0.2) is 0 Å². The Balaban J connectivity index is 2.49. The Kier molecular flexibility index (Phi) is 8.60. The van der Waals surface area contributed by atoms with E-state index in [0.29, 0.717) is 0 Å². The highest BCUT2D eigenvalue weighted by molar-refractivity contribution is 7.79. The van der Waals surface area contributed by atoms with E-state index in [1.807, 2.05) is 0 Å². The molecule has 3 aromatic carbocycles. The minimum Gasteiger partial charge on any atom is -0.166 e. The highest BCUT2D eigenvalue weighted by atomic mass is 31.1. The van der Waals surface area contributed by atoms with Crippen molar-refractivity contribution in [3.8, 4) is 0 Å². The summed E-state index contributed by atoms with van der Waals surface area (Å²) in [7, 11) is -3.38. The second kappa shape index (κ2) is 10.8. The molecule has 0 radical (unpaired) electrons. The van der Waals surface area contributed by atoms with Gasteiger partial charge < -0.3 is 0 Å². The molecule has 0 spiro atoms. The van der Waals surface area contributed by atoms with Crippen LogP contribution in [0.5, 0.6) is 0 Å². The molecular formula is C24H9F18P. The smallest absolute Gasteiger partial charge is 0.166 e. The lowest BCUT2D eigenvalue weighted by Gasteiger charge is -2.25. The molecule has 0 aliphatic carbocycles. The molecule has 3 rings (SSSR count). The molecule has 0 fully saturated rings. The molecule has 0 heterocycles. The van der Waals surface area contributed by atoms with Crippen LogP contribution in [0.1, 0.15) is 33.4 Å². The van der Waals surface area contributed by atoms with Crippen molar-refractivity contribution in [2.24, 2.45) is 0 Å². The van der Waals surface area contributed by atoms with Crippen molar-refractivity contribution in [2.45, 2.75) is 37.1 Å². The maximum Gasteiger partial charge on any atom is 0.417 e. The first-order chi connectivity index (χ1) is 19.1. The molecule has 43 heavy (non-hydrogen) atoms. The van der Waals surface area contributed by atoms with Crippen LogP contribution >= 0.6 is 7.92 Å². The monoisotopic (exact) mass is 670 g/mol. The Labute approximate surface area is 228 Å². The Morgan fingerprint density at radius 2 is 0.465 bits per heavy atom. The lowest BCUT2D eigenvalue weighted by Crippen LogP contribution is -2.28. The van der Waals surface area contributed by atoms with Gasteiger partial charge in [-0.25, -0.2) is 0 Å². The van der Waals surface area contributed by atoms with Crippen molar-refractivity contribution in [2.75, 3.05) is 0 Å². The lowest BCUT2D eigenvalue weighted by atomic mass is 10.1. The van der Waals surface area contributed by atoms with E-state index in [4.69, 9.17) is 0 Å². The second-order valence-electron chi connectivity index (χ2n) is 8.51. The predicted octanol–water partition coefficient (Wildman–Crippen LogP) is 9.56. The maximum absolute atomic E-state index is 13.6. The van der Waals surface area contributed by atoms with Gasteiger partial charge in [0.2, 0.25) is 0 Å². The van der Waals surface area contributed by atoms with Gasteiger partial charge in [-0.3, -0.25) is 0 Å². The summed E-state index contributed by atoms with van der Waals surface area (Å²) in [4.78, 5) is 0. The van der Waals surface area contributed by atoms with Gasteiger partial charge in [-0.05, 0) is 60.2 Å². The van der Waals surface area contributed by atoms with Crippen LogP contribution in [0.3, 0.4) is 0 Å². The molecule has 0 saturated carbocycles. The fourth-order valence-corrected chi connectivity index (χ4v) is 6.25. The first-order valence-electron chi connectivity index (χ1n) is 10.8. The van der Waals surface area contributed by atoms with E-state index in [1.54, 1.807) is 0 Å². The van der Waals surface area contributed by atoms with Crippen LogP contribution in [0.15, 0.2) is 54.6 Å². The normalized spacial score (nSPS) is 14.0. The van der Waals surface area contributed by atoms with Crippen LogP contribution in [0, 0.1) is 0 Å². The largest absolute Gasteiger partial charge is 0.417 e. The van der Waals surface area contributed by atoms with Crippen molar-refractivity contribution in [1.29, 1.82) is 0 Å². The van der Waals surface area contributed by atoms with E-state index in [2.05, 4.69) is 0 Å². The zero-order valence-corrected chi connectivity index (χ0v) is 20.8.